The van der Waals surface area contributed by atoms with Gasteiger partial charge in [-0.05, 0) is 24.3 Å². The average molecular weight is 287 g/mol. The molecule has 0 radical (unpaired) electrons. The second-order valence-corrected chi connectivity index (χ2v) is 5.43. The quantitative estimate of drug-likeness (QED) is 0.885. The zero-order chi connectivity index (χ0) is 12.3. The highest BCUT2D eigenvalue weighted by Crippen LogP contribution is 2.28. The van der Waals surface area contributed by atoms with Crippen LogP contribution in [0.3, 0.4) is 0 Å². The molecule has 0 bridgehead atoms. The fourth-order valence-electron chi connectivity index (χ4n) is 1.54. The van der Waals surface area contributed by atoms with E-state index in [1.807, 2.05) is 35.7 Å². The lowest BCUT2D eigenvalue weighted by atomic mass is 10.2. The van der Waals surface area contributed by atoms with Crippen LogP contribution in [0.15, 0.2) is 35.7 Å². The van der Waals surface area contributed by atoms with Crippen LogP contribution >= 0.6 is 34.5 Å². The van der Waals surface area contributed by atoms with Crippen LogP contribution in [0.5, 0.6) is 0 Å². The SMILES string of the molecule is NCC(Nc1cccc(Cl)c1)c1cc(Cl)cs1. The van der Waals surface area contributed by atoms with Crippen molar-refractivity contribution < 1.29 is 0 Å². The molecule has 2 aromatic rings. The van der Waals surface area contributed by atoms with E-state index < -0.39 is 0 Å². The Morgan fingerprint density at radius 3 is 2.65 bits per heavy atom. The van der Waals surface area contributed by atoms with Crippen LogP contribution in [0.2, 0.25) is 10.0 Å². The summed E-state index contributed by atoms with van der Waals surface area (Å²) in [6.45, 7) is 0.503. The summed E-state index contributed by atoms with van der Waals surface area (Å²) in [4.78, 5) is 1.12. The normalized spacial score (nSPS) is 12.4. The van der Waals surface area contributed by atoms with Gasteiger partial charge in [0.05, 0.1) is 11.1 Å². The minimum absolute atomic E-state index is 0.0611. The van der Waals surface area contributed by atoms with Crippen LogP contribution in [0, 0.1) is 0 Å². The highest BCUT2D eigenvalue weighted by atomic mass is 35.5. The van der Waals surface area contributed by atoms with Crippen molar-refractivity contribution in [3.8, 4) is 0 Å². The number of hydrogen-bond donors (Lipinski definition) is 2. The van der Waals surface area contributed by atoms with Crippen molar-refractivity contribution in [1.82, 2.24) is 0 Å². The Balaban J connectivity index is 2.15. The third-order valence-corrected chi connectivity index (χ3v) is 3.96. The van der Waals surface area contributed by atoms with Gasteiger partial charge in [0.1, 0.15) is 0 Å². The summed E-state index contributed by atoms with van der Waals surface area (Å²) in [5, 5.41) is 6.69. The molecule has 90 valence electrons. The van der Waals surface area contributed by atoms with Gasteiger partial charge in [0.15, 0.2) is 0 Å². The number of hydrogen-bond acceptors (Lipinski definition) is 3. The molecule has 3 N–H and O–H groups in total. The van der Waals surface area contributed by atoms with E-state index in [2.05, 4.69) is 5.32 Å². The first-order valence-electron chi connectivity index (χ1n) is 5.15. The number of benzene rings is 1. The van der Waals surface area contributed by atoms with Gasteiger partial charge in [-0.1, -0.05) is 29.3 Å². The van der Waals surface area contributed by atoms with Crippen LogP contribution in [0.25, 0.3) is 0 Å². The molecule has 0 aliphatic carbocycles. The molecular formula is C12H12Cl2N2S. The van der Waals surface area contributed by atoms with Crippen LogP contribution in [-0.2, 0) is 0 Å². The lowest BCUT2D eigenvalue weighted by molar-refractivity contribution is 0.806. The zero-order valence-electron chi connectivity index (χ0n) is 8.99. The monoisotopic (exact) mass is 286 g/mol. The molecule has 0 saturated heterocycles. The van der Waals surface area contributed by atoms with Crippen molar-refractivity contribution >= 4 is 40.2 Å². The van der Waals surface area contributed by atoms with Gasteiger partial charge >= 0.3 is 0 Å². The summed E-state index contributed by atoms with van der Waals surface area (Å²) in [7, 11) is 0. The predicted octanol–water partition coefficient (Wildman–Crippen LogP) is 4.17. The summed E-state index contributed by atoms with van der Waals surface area (Å²) in [6, 6.07) is 9.57. The highest BCUT2D eigenvalue weighted by Gasteiger charge is 2.11. The van der Waals surface area contributed by atoms with E-state index in [-0.39, 0.29) is 6.04 Å². The Kier molecular flexibility index (Phi) is 4.29. The highest BCUT2D eigenvalue weighted by molar-refractivity contribution is 7.10. The van der Waals surface area contributed by atoms with Gasteiger partial charge in [-0.2, -0.15) is 0 Å². The van der Waals surface area contributed by atoms with Crippen LogP contribution in [-0.4, -0.2) is 6.54 Å². The van der Waals surface area contributed by atoms with Crippen molar-refractivity contribution in [3.05, 3.63) is 50.6 Å². The maximum atomic E-state index is 5.93. The zero-order valence-corrected chi connectivity index (χ0v) is 11.3. The van der Waals surface area contributed by atoms with Gasteiger partial charge < -0.3 is 11.1 Å². The van der Waals surface area contributed by atoms with Crippen molar-refractivity contribution in [2.24, 2.45) is 5.73 Å². The lowest BCUT2D eigenvalue weighted by Crippen LogP contribution is -2.19. The summed E-state index contributed by atoms with van der Waals surface area (Å²) in [5.74, 6) is 0. The number of nitrogens with two attached hydrogens (primary N) is 1. The third kappa shape index (κ3) is 3.36. The molecule has 2 nitrogen and oxygen atoms in total. The largest absolute Gasteiger partial charge is 0.376 e. The minimum Gasteiger partial charge on any atom is -0.376 e. The summed E-state index contributed by atoms with van der Waals surface area (Å²) in [6.07, 6.45) is 0. The molecule has 17 heavy (non-hydrogen) atoms. The van der Waals surface area contributed by atoms with E-state index >= 15 is 0 Å². The molecule has 0 amide bonds. The molecule has 1 atom stereocenters. The van der Waals surface area contributed by atoms with Crippen molar-refractivity contribution in [2.45, 2.75) is 6.04 Å². The molecule has 5 heteroatoms. The van der Waals surface area contributed by atoms with Crippen molar-refractivity contribution in [1.29, 1.82) is 0 Å². The van der Waals surface area contributed by atoms with Crippen LogP contribution < -0.4 is 11.1 Å². The Labute approximate surface area is 114 Å². The maximum Gasteiger partial charge on any atom is 0.0729 e. The predicted molar refractivity (Wildman–Crippen MR) is 76.2 cm³/mol. The lowest BCUT2D eigenvalue weighted by Gasteiger charge is -2.16. The number of thiophene rings is 1. The van der Waals surface area contributed by atoms with E-state index in [9.17, 15) is 0 Å². The molecule has 0 aliphatic heterocycles. The van der Waals surface area contributed by atoms with Gasteiger partial charge in [-0.3, -0.25) is 0 Å². The summed E-state index contributed by atoms with van der Waals surface area (Å²) >= 11 is 13.4. The maximum absolute atomic E-state index is 5.93. The Hall–Kier alpha value is -0.740. The first-order valence-corrected chi connectivity index (χ1v) is 6.78. The van der Waals surface area contributed by atoms with E-state index in [4.69, 9.17) is 28.9 Å². The van der Waals surface area contributed by atoms with E-state index in [1.165, 1.54) is 0 Å². The number of anilines is 1. The fourth-order valence-corrected chi connectivity index (χ4v) is 2.87. The molecule has 2 rings (SSSR count). The number of rotatable bonds is 4. The van der Waals surface area contributed by atoms with E-state index in [0.717, 1.165) is 15.6 Å². The second kappa shape index (κ2) is 5.74. The molecule has 1 aromatic carbocycles. The first kappa shape index (κ1) is 12.7. The average Bonchev–Trinajstić information content (AvgIpc) is 2.73. The minimum atomic E-state index is 0.0611. The molecule has 0 saturated carbocycles. The van der Waals surface area contributed by atoms with Gasteiger partial charge in [0, 0.05) is 27.5 Å². The van der Waals surface area contributed by atoms with Crippen LogP contribution in [0.4, 0.5) is 5.69 Å². The molecule has 0 spiro atoms. The van der Waals surface area contributed by atoms with Crippen LogP contribution in [0.1, 0.15) is 10.9 Å². The van der Waals surface area contributed by atoms with Gasteiger partial charge in [0.25, 0.3) is 0 Å². The standard InChI is InChI=1S/C12H12Cl2N2S/c13-8-2-1-3-10(4-8)16-11(6-15)12-5-9(14)7-17-12/h1-5,7,11,16H,6,15H2. The van der Waals surface area contributed by atoms with E-state index in [0.29, 0.717) is 11.6 Å². The van der Waals surface area contributed by atoms with Gasteiger partial charge in [0.2, 0.25) is 0 Å². The van der Waals surface area contributed by atoms with Crippen molar-refractivity contribution in [3.63, 3.8) is 0 Å². The first-order chi connectivity index (χ1) is 8.19. The topological polar surface area (TPSA) is 38.0 Å². The molecular weight excluding hydrogens is 275 g/mol. The Morgan fingerprint density at radius 2 is 2.06 bits per heavy atom. The number of halogens is 2. The molecule has 1 unspecified atom stereocenters. The Bertz CT molecular complexity index is 499. The second-order valence-electron chi connectivity index (χ2n) is 3.61. The third-order valence-electron chi connectivity index (χ3n) is 2.33. The molecule has 0 aliphatic rings. The fraction of sp³-hybridized carbons (Fsp3) is 0.167. The van der Waals surface area contributed by atoms with Crippen molar-refractivity contribution in [2.75, 3.05) is 11.9 Å². The molecule has 1 heterocycles. The summed E-state index contributed by atoms with van der Waals surface area (Å²) < 4.78 is 0. The smallest absolute Gasteiger partial charge is 0.0729 e. The van der Waals surface area contributed by atoms with Gasteiger partial charge in [-0.15, -0.1) is 11.3 Å². The Morgan fingerprint density at radius 1 is 1.24 bits per heavy atom. The van der Waals surface area contributed by atoms with Gasteiger partial charge in [-0.25, -0.2) is 0 Å². The van der Waals surface area contributed by atoms with E-state index in [1.54, 1.807) is 11.3 Å². The molecule has 1 aromatic heterocycles. The number of nitrogens with one attached hydrogen (secondary N) is 1. The summed E-state index contributed by atoms with van der Waals surface area (Å²) in [5.41, 5.74) is 6.72. The molecule has 0 fully saturated rings.